The minimum atomic E-state index is 0.00961. The van der Waals surface area contributed by atoms with Crippen LogP contribution in [-0.2, 0) is 0 Å². The van der Waals surface area contributed by atoms with E-state index in [-0.39, 0.29) is 5.91 Å². The second-order valence-corrected chi connectivity index (χ2v) is 7.30. The number of carbonyl (C=O) groups is 1. The summed E-state index contributed by atoms with van der Waals surface area (Å²) in [4.78, 5) is 14.7. The largest absolute Gasteiger partial charge is 0.468 e. The van der Waals surface area contributed by atoms with Crippen molar-refractivity contribution in [2.45, 2.75) is 11.7 Å². The van der Waals surface area contributed by atoms with Crippen molar-refractivity contribution in [3.05, 3.63) is 66.2 Å². The van der Waals surface area contributed by atoms with Crippen molar-refractivity contribution in [3.63, 3.8) is 0 Å². The Balaban J connectivity index is 1.45. The van der Waals surface area contributed by atoms with Crippen LogP contribution in [0.1, 0.15) is 27.9 Å². The normalized spacial score (nSPS) is 18.1. The predicted molar refractivity (Wildman–Crippen MR) is 98.5 cm³/mol. The highest BCUT2D eigenvalue weighted by Crippen LogP contribution is 2.34. The first-order chi connectivity index (χ1) is 12.3. The molecule has 1 atom stereocenters. The maximum absolute atomic E-state index is 12.8. The molecule has 0 aliphatic carbocycles. The van der Waals surface area contributed by atoms with Crippen LogP contribution in [0.25, 0.3) is 11.3 Å². The molecule has 5 nitrogen and oxygen atoms in total. The summed E-state index contributed by atoms with van der Waals surface area (Å²) in [5, 5.41) is 7.50. The Morgan fingerprint density at radius 3 is 2.88 bits per heavy atom. The Hall–Kier alpha value is -2.47. The molecule has 1 aliphatic rings. The van der Waals surface area contributed by atoms with Crippen LogP contribution in [0.5, 0.6) is 0 Å². The van der Waals surface area contributed by atoms with Gasteiger partial charge in [-0.05, 0) is 24.6 Å². The molecule has 1 N–H and O–H groups in total. The predicted octanol–water partition coefficient (Wildman–Crippen LogP) is 3.99. The smallest absolute Gasteiger partial charge is 0.271 e. The molecule has 25 heavy (non-hydrogen) atoms. The van der Waals surface area contributed by atoms with Crippen molar-refractivity contribution < 1.29 is 9.21 Å². The third kappa shape index (κ3) is 3.49. The van der Waals surface area contributed by atoms with Gasteiger partial charge in [0.15, 0.2) is 0 Å². The lowest BCUT2D eigenvalue weighted by Crippen LogP contribution is -2.33. The first kappa shape index (κ1) is 16.0. The van der Waals surface area contributed by atoms with E-state index in [1.54, 1.807) is 6.26 Å². The van der Waals surface area contributed by atoms with E-state index >= 15 is 0 Å². The number of furan rings is 1. The highest BCUT2D eigenvalue weighted by atomic mass is 32.2. The lowest BCUT2D eigenvalue weighted by molar-refractivity contribution is 0.0760. The van der Waals surface area contributed by atoms with Gasteiger partial charge in [-0.3, -0.25) is 9.89 Å². The Bertz CT molecular complexity index is 829. The van der Waals surface area contributed by atoms with Crippen LogP contribution in [-0.4, -0.2) is 39.8 Å². The average Bonchev–Trinajstić information content (AvgIpc) is 3.30. The quantitative estimate of drug-likeness (QED) is 0.773. The van der Waals surface area contributed by atoms with E-state index < -0.39 is 0 Å². The van der Waals surface area contributed by atoms with Gasteiger partial charge < -0.3 is 9.32 Å². The number of thioether (sulfide) groups is 1. The lowest BCUT2D eigenvalue weighted by atomic mass is 10.1. The fourth-order valence-corrected chi connectivity index (χ4v) is 4.21. The third-order valence-electron chi connectivity index (χ3n) is 4.37. The number of nitrogens with one attached hydrogen (secondary N) is 1. The maximum atomic E-state index is 12.8. The molecule has 1 aromatic carbocycles. The lowest BCUT2D eigenvalue weighted by Gasteiger charge is -2.19. The van der Waals surface area contributed by atoms with Gasteiger partial charge in [-0.25, -0.2) is 0 Å². The summed E-state index contributed by atoms with van der Waals surface area (Å²) in [6.45, 7) is 1.46. The van der Waals surface area contributed by atoms with Gasteiger partial charge in [0.25, 0.3) is 5.91 Å². The van der Waals surface area contributed by atoms with Crippen LogP contribution in [0, 0.1) is 0 Å². The van der Waals surface area contributed by atoms with Crippen molar-refractivity contribution in [1.29, 1.82) is 0 Å². The Kier molecular flexibility index (Phi) is 4.61. The highest BCUT2D eigenvalue weighted by molar-refractivity contribution is 7.99. The van der Waals surface area contributed by atoms with E-state index in [2.05, 4.69) is 10.2 Å². The van der Waals surface area contributed by atoms with Crippen molar-refractivity contribution >= 4 is 17.7 Å². The highest BCUT2D eigenvalue weighted by Gasteiger charge is 2.25. The topological polar surface area (TPSA) is 62.1 Å². The number of H-pyrrole nitrogens is 1. The zero-order chi connectivity index (χ0) is 17.1. The first-order valence-corrected chi connectivity index (χ1v) is 9.41. The summed E-state index contributed by atoms with van der Waals surface area (Å²) >= 11 is 1.85. The number of aromatic nitrogens is 2. The molecule has 0 radical (unpaired) electrons. The van der Waals surface area contributed by atoms with E-state index in [0.717, 1.165) is 42.3 Å². The number of carbonyl (C=O) groups excluding carboxylic acids is 1. The molecule has 3 heterocycles. The Labute approximate surface area is 150 Å². The number of nitrogens with zero attached hydrogens (tertiary/aromatic N) is 2. The second-order valence-electron chi connectivity index (χ2n) is 5.99. The standard InChI is InChI=1S/C19H19N3O2S/c23-19(16-13-15(20-21-16)14-5-2-1-3-6-14)22-9-8-18(25-12-10-22)17-7-4-11-24-17/h1-7,11,13,18H,8-10,12H2,(H,20,21). The van der Waals surface area contributed by atoms with Gasteiger partial charge in [0.1, 0.15) is 11.5 Å². The number of hydrogen-bond donors (Lipinski definition) is 1. The fourth-order valence-electron chi connectivity index (χ4n) is 3.03. The van der Waals surface area contributed by atoms with Crippen LogP contribution >= 0.6 is 11.8 Å². The average molecular weight is 353 g/mol. The third-order valence-corrected chi connectivity index (χ3v) is 5.66. The van der Waals surface area contributed by atoms with Crippen molar-refractivity contribution in [2.24, 2.45) is 0 Å². The van der Waals surface area contributed by atoms with E-state index in [0.29, 0.717) is 10.9 Å². The number of benzene rings is 1. The van der Waals surface area contributed by atoms with Gasteiger partial charge in [-0.1, -0.05) is 30.3 Å². The molecule has 3 aromatic rings. The molecular weight excluding hydrogens is 334 g/mol. The monoisotopic (exact) mass is 353 g/mol. The van der Waals surface area contributed by atoms with E-state index in [1.165, 1.54) is 0 Å². The minimum absolute atomic E-state index is 0.00961. The molecule has 1 unspecified atom stereocenters. The molecule has 0 spiro atoms. The Morgan fingerprint density at radius 2 is 2.08 bits per heavy atom. The molecule has 2 aromatic heterocycles. The number of rotatable bonds is 3. The summed E-state index contributed by atoms with van der Waals surface area (Å²) in [7, 11) is 0. The van der Waals surface area contributed by atoms with Gasteiger partial charge in [-0.2, -0.15) is 5.10 Å². The van der Waals surface area contributed by atoms with Crippen LogP contribution in [0.15, 0.2) is 59.2 Å². The summed E-state index contributed by atoms with van der Waals surface area (Å²) < 4.78 is 5.52. The SMILES string of the molecule is O=C(c1cc(-c2ccccc2)n[nH]1)N1CCSC(c2ccco2)CC1. The van der Waals surface area contributed by atoms with Crippen LogP contribution < -0.4 is 0 Å². The molecular formula is C19H19N3O2S. The summed E-state index contributed by atoms with van der Waals surface area (Å²) in [6, 6.07) is 15.6. The van der Waals surface area contributed by atoms with Gasteiger partial charge in [0.05, 0.1) is 17.2 Å². The molecule has 1 amide bonds. The molecule has 6 heteroatoms. The number of hydrogen-bond acceptors (Lipinski definition) is 4. The van der Waals surface area contributed by atoms with Gasteiger partial charge in [0, 0.05) is 24.4 Å². The van der Waals surface area contributed by atoms with E-state index in [4.69, 9.17) is 4.42 Å². The molecule has 1 saturated heterocycles. The molecule has 0 saturated carbocycles. The zero-order valence-electron chi connectivity index (χ0n) is 13.7. The van der Waals surface area contributed by atoms with Crippen LogP contribution in [0.4, 0.5) is 0 Å². The number of amides is 1. The molecule has 0 bridgehead atoms. The molecule has 128 valence electrons. The van der Waals surface area contributed by atoms with Gasteiger partial charge in [0.2, 0.25) is 0 Å². The minimum Gasteiger partial charge on any atom is -0.468 e. The van der Waals surface area contributed by atoms with Crippen molar-refractivity contribution in [1.82, 2.24) is 15.1 Å². The van der Waals surface area contributed by atoms with E-state index in [9.17, 15) is 4.79 Å². The zero-order valence-corrected chi connectivity index (χ0v) is 14.5. The molecule has 4 rings (SSSR count). The molecule has 1 fully saturated rings. The first-order valence-electron chi connectivity index (χ1n) is 8.36. The van der Waals surface area contributed by atoms with Crippen LogP contribution in [0.2, 0.25) is 0 Å². The fraction of sp³-hybridized carbons (Fsp3) is 0.263. The maximum Gasteiger partial charge on any atom is 0.271 e. The van der Waals surface area contributed by atoms with Gasteiger partial charge >= 0.3 is 0 Å². The second kappa shape index (κ2) is 7.19. The Morgan fingerprint density at radius 1 is 1.20 bits per heavy atom. The summed E-state index contributed by atoms with van der Waals surface area (Å²) in [5.74, 6) is 1.90. The van der Waals surface area contributed by atoms with Gasteiger partial charge in [-0.15, -0.1) is 11.8 Å². The van der Waals surface area contributed by atoms with Crippen LogP contribution in [0.3, 0.4) is 0 Å². The summed E-state index contributed by atoms with van der Waals surface area (Å²) in [5.41, 5.74) is 2.34. The number of aromatic amines is 1. The van der Waals surface area contributed by atoms with Crippen molar-refractivity contribution in [3.8, 4) is 11.3 Å². The van der Waals surface area contributed by atoms with Crippen molar-refractivity contribution in [2.75, 3.05) is 18.8 Å². The summed E-state index contributed by atoms with van der Waals surface area (Å²) in [6.07, 6.45) is 2.60. The van der Waals surface area contributed by atoms with E-state index in [1.807, 2.05) is 65.2 Å². The molecule has 1 aliphatic heterocycles.